The van der Waals surface area contributed by atoms with Crippen molar-refractivity contribution in [2.24, 2.45) is 0 Å². The van der Waals surface area contributed by atoms with Gasteiger partial charge in [0.1, 0.15) is 25.6 Å². The zero-order valence-corrected chi connectivity index (χ0v) is 13.5. The third-order valence-corrected chi connectivity index (χ3v) is 3.49. The molecule has 122 valence electrons. The molecule has 1 heterocycles. The molecule has 0 saturated carbocycles. The van der Waals surface area contributed by atoms with Crippen LogP contribution < -0.4 is 19.5 Å². The molecule has 0 aliphatic carbocycles. The van der Waals surface area contributed by atoms with E-state index in [9.17, 15) is 0 Å². The fourth-order valence-electron chi connectivity index (χ4n) is 2.27. The number of anilines is 2. The molecule has 0 amide bonds. The van der Waals surface area contributed by atoms with Gasteiger partial charge in [-0.15, -0.1) is 0 Å². The Morgan fingerprint density at radius 1 is 0.957 bits per heavy atom. The lowest BCUT2D eigenvalue weighted by molar-refractivity contribution is 0.171. The van der Waals surface area contributed by atoms with Crippen molar-refractivity contribution in [2.45, 2.75) is 0 Å². The molecule has 3 rings (SSSR count). The molecule has 0 atom stereocenters. The van der Waals surface area contributed by atoms with Crippen molar-refractivity contribution in [3.63, 3.8) is 0 Å². The van der Waals surface area contributed by atoms with Gasteiger partial charge in [0.15, 0.2) is 11.5 Å². The van der Waals surface area contributed by atoms with Gasteiger partial charge in [0, 0.05) is 24.0 Å². The predicted octanol–water partition coefficient (Wildman–Crippen LogP) is 3.14. The number of rotatable bonds is 6. The molecule has 2 aromatic carbocycles. The Morgan fingerprint density at radius 2 is 1.65 bits per heavy atom. The Hall–Kier alpha value is -2.40. The molecule has 5 nitrogen and oxygen atoms in total. The van der Waals surface area contributed by atoms with Crippen molar-refractivity contribution in [3.8, 4) is 17.2 Å². The molecular formula is C18H22N2O3. The van der Waals surface area contributed by atoms with E-state index in [1.165, 1.54) is 0 Å². The summed E-state index contributed by atoms with van der Waals surface area (Å²) in [6.07, 6.45) is 0. The van der Waals surface area contributed by atoms with E-state index in [4.69, 9.17) is 14.2 Å². The second kappa shape index (κ2) is 7.24. The lowest BCUT2D eigenvalue weighted by atomic mass is 10.2. The summed E-state index contributed by atoms with van der Waals surface area (Å²) in [7, 11) is 4.06. The van der Waals surface area contributed by atoms with Crippen molar-refractivity contribution in [1.82, 2.24) is 4.90 Å². The average Bonchev–Trinajstić information content (AvgIpc) is 2.56. The van der Waals surface area contributed by atoms with Crippen molar-refractivity contribution >= 4 is 11.4 Å². The van der Waals surface area contributed by atoms with Gasteiger partial charge in [-0.2, -0.15) is 0 Å². The van der Waals surface area contributed by atoms with Crippen LogP contribution in [0.1, 0.15) is 0 Å². The van der Waals surface area contributed by atoms with Crippen molar-refractivity contribution in [2.75, 3.05) is 45.8 Å². The quantitative estimate of drug-likeness (QED) is 0.887. The highest BCUT2D eigenvalue weighted by molar-refractivity contribution is 5.64. The maximum absolute atomic E-state index is 5.69. The first-order valence-corrected chi connectivity index (χ1v) is 7.75. The largest absolute Gasteiger partial charge is 0.492 e. The summed E-state index contributed by atoms with van der Waals surface area (Å²) in [4.78, 5) is 2.10. The van der Waals surface area contributed by atoms with E-state index >= 15 is 0 Å². The van der Waals surface area contributed by atoms with Crippen LogP contribution in [0.4, 0.5) is 11.4 Å². The van der Waals surface area contributed by atoms with Gasteiger partial charge >= 0.3 is 0 Å². The van der Waals surface area contributed by atoms with Gasteiger partial charge in [0.2, 0.25) is 0 Å². The minimum Gasteiger partial charge on any atom is -0.492 e. The van der Waals surface area contributed by atoms with E-state index in [0.29, 0.717) is 19.8 Å². The predicted molar refractivity (Wildman–Crippen MR) is 91.2 cm³/mol. The van der Waals surface area contributed by atoms with E-state index in [1.807, 2.05) is 56.6 Å². The van der Waals surface area contributed by atoms with E-state index in [2.05, 4.69) is 10.2 Å². The molecule has 1 aliphatic rings. The van der Waals surface area contributed by atoms with E-state index in [1.54, 1.807) is 0 Å². The lowest BCUT2D eigenvalue weighted by Gasteiger charge is -2.19. The molecule has 5 heteroatoms. The number of ether oxygens (including phenoxy) is 3. The summed E-state index contributed by atoms with van der Waals surface area (Å²) in [6, 6.07) is 13.8. The Balaban J connectivity index is 1.59. The first-order chi connectivity index (χ1) is 11.2. The minimum atomic E-state index is 0.593. The summed E-state index contributed by atoms with van der Waals surface area (Å²) in [5.74, 6) is 2.45. The molecule has 0 unspecified atom stereocenters. The number of likely N-dealkylation sites (N-methyl/N-ethyl adjacent to an activating group) is 1. The minimum absolute atomic E-state index is 0.593. The summed E-state index contributed by atoms with van der Waals surface area (Å²) < 4.78 is 16.8. The van der Waals surface area contributed by atoms with Crippen molar-refractivity contribution in [1.29, 1.82) is 0 Å². The molecule has 0 radical (unpaired) electrons. The normalized spacial score (nSPS) is 13.0. The second-order valence-corrected chi connectivity index (χ2v) is 5.66. The van der Waals surface area contributed by atoms with Crippen LogP contribution in [0, 0.1) is 0 Å². The van der Waals surface area contributed by atoms with Crippen LogP contribution in [0.3, 0.4) is 0 Å². The molecule has 0 spiro atoms. The third-order valence-electron chi connectivity index (χ3n) is 3.49. The van der Waals surface area contributed by atoms with Crippen LogP contribution in [0.15, 0.2) is 42.5 Å². The first kappa shape index (κ1) is 15.5. The van der Waals surface area contributed by atoms with E-state index in [-0.39, 0.29) is 0 Å². The number of nitrogens with one attached hydrogen (secondary N) is 1. The van der Waals surface area contributed by atoms with Gasteiger partial charge < -0.3 is 24.4 Å². The average molecular weight is 314 g/mol. The molecule has 0 aromatic heterocycles. The number of hydrogen-bond acceptors (Lipinski definition) is 5. The van der Waals surface area contributed by atoms with Gasteiger partial charge in [-0.05, 0) is 50.5 Å². The van der Waals surface area contributed by atoms with Crippen molar-refractivity contribution in [3.05, 3.63) is 42.5 Å². The van der Waals surface area contributed by atoms with Gasteiger partial charge in [-0.1, -0.05) is 0 Å². The Bertz CT molecular complexity index is 641. The number of fused-ring (bicyclic) bond motifs is 1. The highest BCUT2D eigenvalue weighted by atomic mass is 16.6. The maximum Gasteiger partial charge on any atom is 0.163 e. The summed E-state index contributed by atoms with van der Waals surface area (Å²) in [5.41, 5.74) is 1.97. The Morgan fingerprint density at radius 3 is 2.39 bits per heavy atom. The summed E-state index contributed by atoms with van der Waals surface area (Å²) in [5, 5.41) is 3.36. The Labute approximate surface area is 136 Å². The molecule has 2 aromatic rings. The molecule has 0 bridgehead atoms. The lowest BCUT2D eigenvalue weighted by Crippen LogP contribution is -2.19. The zero-order chi connectivity index (χ0) is 16.1. The highest BCUT2D eigenvalue weighted by Crippen LogP contribution is 2.33. The van der Waals surface area contributed by atoms with E-state index in [0.717, 1.165) is 35.2 Å². The molecule has 1 N–H and O–H groups in total. The molecule has 0 fully saturated rings. The number of benzene rings is 2. The van der Waals surface area contributed by atoms with Gasteiger partial charge in [-0.3, -0.25) is 0 Å². The van der Waals surface area contributed by atoms with Crippen LogP contribution in [0.5, 0.6) is 17.2 Å². The summed E-state index contributed by atoms with van der Waals surface area (Å²) in [6.45, 7) is 2.78. The maximum atomic E-state index is 5.69. The first-order valence-electron chi connectivity index (χ1n) is 7.75. The number of nitrogens with zero attached hydrogens (tertiary/aromatic N) is 1. The second-order valence-electron chi connectivity index (χ2n) is 5.66. The number of hydrogen-bond donors (Lipinski definition) is 1. The Kier molecular flexibility index (Phi) is 4.88. The smallest absolute Gasteiger partial charge is 0.163 e. The van der Waals surface area contributed by atoms with Crippen LogP contribution in [-0.2, 0) is 0 Å². The van der Waals surface area contributed by atoms with Crippen LogP contribution in [-0.4, -0.2) is 45.4 Å². The highest BCUT2D eigenvalue weighted by Gasteiger charge is 2.11. The van der Waals surface area contributed by atoms with Gasteiger partial charge in [0.25, 0.3) is 0 Å². The molecule has 0 saturated heterocycles. The van der Waals surface area contributed by atoms with Gasteiger partial charge in [0.05, 0.1) is 0 Å². The molecule has 23 heavy (non-hydrogen) atoms. The van der Waals surface area contributed by atoms with E-state index < -0.39 is 0 Å². The van der Waals surface area contributed by atoms with Crippen molar-refractivity contribution < 1.29 is 14.2 Å². The fraction of sp³-hybridized carbons (Fsp3) is 0.333. The van der Waals surface area contributed by atoms with Gasteiger partial charge in [-0.25, -0.2) is 0 Å². The zero-order valence-electron chi connectivity index (χ0n) is 13.5. The summed E-state index contributed by atoms with van der Waals surface area (Å²) >= 11 is 0. The topological polar surface area (TPSA) is 43.0 Å². The molecule has 1 aliphatic heterocycles. The fourth-order valence-corrected chi connectivity index (χ4v) is 2.27. The van der Waals surface area contributed by atoms with Crippen LogP contribution in [0.25, 0.3) is 0 Å². The standard InChI is InChI=1S/C18H22N2O3/c1-20(2)9-10-21-16-6-3-14(4-7-16)19-15-5-8-17-18(13-15)23-12-11-22-17/h3-8,13,19H,9-12H2,1-2H3. The third kappa shape index (κ3) is 4.29. The SMILES string of the molecule is CN(C)CCOc1ccc(Nc2ccc3c(c2)OCCO3)cc1. The monoisotopic (exact) mass is 314 g/mol. The van der Waals surface area contributed by atoms with Crippen LogP contribution >= 0.6 is 0 Å². The molecular weight excluding hydrogens is 292 g/mol. The van der Waals surface area contributed by atoms with Crippen LogP contribution in [0.2, 0.25) is 0 Å².